The lowest BCUT2D eigenvalue weighted by atomic mass is 10.1. The summed E-state index contributed by atoms with van der Waals surface area (Å²) in [6, 6.07) is 14.1. The van der Waals surface area contributed by atoms with Crippen LogP contribution in [0.25, 0.3) is 11.1 Å². The van der Waals surface area contributed by atoms with Gasteiger partial charge >= 0.3 is 0 Å². The number of nitrogens with one attached hydrogen (secondary N) is 2. The number of rotatable bonds is 6. The molecule has 0 aliphatic heterocycles. The lowest BCUT2D eigenvalue weighted by Crippen LogP contribution is -2.42. The summed E-state index contributed by atoms with van der Waals surface area (Å²) in [6.45, 7) is 3.35. The molecule has 0 saturated carbocycles. The van der Waals surface area contributed by atoms with Crippen LogP contribution >= 0.6 is 34.5 Å². The van der Waals surface area contributed by atoms with Crippen LogP contribution in [0.1, 0.15) is 18.7 Å². The van der Waals surface area contributed by atoms with Crippen molar-refractivity contribution >= 4 is 52.0 Å². The number of thiophene rings is 1. The number of nitrogen functional groups attached to an aromatic ring is 1. The summed E-state index contributed by atoms with van der Waals surface area (Å²) in [7, 11) is 0. The number of benzene rings is 2. The van der Waals surface area contributed by atoms with Crippen molar-refractivity contribution in [2.75, 3.05) is 5.32 Å². The topological polar surface area (TPSA) is 88.2 Å². The molecule has 3 rings (SSSR count). The van der Waals surface area contributed by atoms with E-state index >= 15 is 0 Å². The molecule has 8 heteroatoms. The largest absolute Gasteiger partial charge is 0.478 e. The number of hydrogen-bond donors (Lipinski definition) is 3. The number of ether oxygens (including phenoxy) is 1. The molecule has 1 aromatic heterocycles. The Labute approximate surface area is 182 Å². The lowest BCUT2D eigenvalue weighted by molar-refractivity contribution is -0.128. The molecule has 1 heterocycles. The number of carbonyl (C=O) groups excluding carboxylic acids is 1. The zero-order valence-electron chi connectivity index (χ0n) is 15.8. The number of hydrogen-bond acceptors (Lipinski definition) is 4. The first-order chi connectivity index (χ1) is 13.7. The highest BCUT2D eigenvalue weighted by atomic mass is 35.5. The Morgan fingerprint density at radius 1 is 1.10 bits per heavy atom. The molecule has 0 bridgehead atoms. The minimum atomic E-state index is -1.14. The van der Waals surface area contributed by atoms with Gasteiger partial charge in [-0.1, -0.05) is 35.3 Å². The molecular formula is C21H19Cl2N3O2S. The van der Waals surface area contributed by atoms with Gasteiger partial charge in [0.1, 0.15) is 11.6 Å². The van der Waals surface area contributed by atoms with Crippen molar-refractivity contribution in [3.8, 4) is 16.9 Å². The van der Waals surface area contributed by atoms with E-state index in [1.165, 1.54) is 11.3 Å². The molecule has 0 aliphatic rings. The quantitative estimate of drug-likeness (QED) is 0.329. The van der Waals surface area contributed by atoms with Crippen LogP contribution in [0.2, 0.25) is 10.0 Å². The van der Waals surface area contributed by atoms with E-state index in [9.17, 15) is 4.79 Å². The molecule has 150 valence electrons. The van der Waals surface area contributed by atoms with Crippen LogP contribution in [0.3, 0.4) is 0 Å². The van der Waals surface area contributed by atoms with Gasteiger partial charge in [0.2, 0.25) is 0 Å². The summed E-state index contributed by atoms with van der Waals surface area (Å²) in [5.74, 6) is 0.172. The molecule has 1 amide bonds. The van der Waals surface area contributed by atoms with Gasteiger partial charge in [0, 0.05) is 11.8 Å². The molecule has 0 radical (unpaired) electrons. The normalized spacial score (nSPS) is 11.2. The van der Waals surface area contributed by atoms with E-state index in [1.807, 2.05) is 29.6 Å². The molecule has 29 heavy (non-hydrogen) atoms. The average Bonchev–Trinajstić information content (AvgIpc) is 3.15. The van der Waals surface area contributed by atoms with Crippen LogP contribution < -0.4 is 15.8 Å². The third-order valence-corrected chi connectivity index (χ3v) is 5.83. The summed E-state index contributed by atoms with van der Waals surface area (Å²) in [6.07, 6.45) is 0. The van der Waals surface area contributed by atoms with Crippen LogP contribution in [-0.2, 0) is 4.79 Å². The maximum Gasteiger partial charge on any atom is 0.267 e. The minimum absolute atomic E-state index is 0.0342. The smallest absolute Gasteiger partial charge is 0.267 e. The maximum atomic E-state index is 12.8. The second kappa shape index (κ2) is 8.45. The molecular weight excluding hydrogens is 429 g/mol. The van der Waals surface area contributed by atoms with E-state index in [4.69, 9.17) is 39.1 Å². The maximum absolute atomic E-state index is 12.8. The Balaban J connectivity index is 1.75. The predicted octanol–water partition coefficient (Wildman–Crippen LogP) is 5.80. The van der Waals surface area contributed by atoms with Gasteiger partial charge in [-0.25, -0.2) is 0 Å². The van der Waals surface area contributed by atoms with Crippen LogP contribution in [0.4, 0.5) is 5.69 Å². The number of carbonyl (C=O) groups is 1. The fourth-order valence-electron chi connectivity index (χ4n) is 2.57. The van der Waals surface area contributed by atoms with Gasteiger partial charge in [0.05, 0.1) is 14.9 Å². The van der Waals surface area contributed by atoms with Crippen LogP contribution in [0.15, 0.2) is 53.9 Å². The highest BCUT2D eigenvalue weighted by molar-refractivity contribution is 7.12. The predicted molar refractivity (Wildman–Crippen MR) is 121 cm³/mol. The third-order valence-electron chi connectivity index (χ3n) is 4.13. The van der Waals surface area contributed by atoms with E-state index in [0.717, 1.165) is 11.1 Å². The van der Waals surface area contributed by atoms with Gasteiger partial charge in [0.25, 0.3) is 5.91 Å². The first-order valence-electron chi connectivity index (χ1n) is 8.64. The lowest BCUT2D eigenvalue weighted by Gasteiger charge is -2.25. The number of amides is 1. The molecule has 2 aromatic carbocycles. The van der Waals surface area contributed by atoms with Gasteiger partial charge in [-0.2, -0.15) is 0 Å². The number of anilines is 1. The summed E-state index contributed by atoms with van der Waals surface area (Å²) in [4.78, 5) is 13.5. The first-order valence-corrected chi connectivity index (χ1v) is 10.3. The fraction of sp³-hybridized carbons (Fsp3) is 0.143. The Hall–Kier alpha value is -2.54. The minimum Gasteiger partial charge on any atom is -0.478 e. The van der Waals surface area contributed by atoms with E-state index in [1.54, 1.807) is 38.1 Å². The highest BCUT2D eigenvalue weighted by Crippen LogP contribution is 2.30. The van der Waals surface area contributed by atoms with Crippen molar-refractivity contribution in [1.29, 1.82) is 5.41 Å². The monoisotopic (exact) mass is 447 g/mol. The average molecular weight is 448 g/mol. The Kier molecular flexibility index (Phi) is 6.17. The molecule has 0 saturated heterocycles. The third kappa shape index (κ3) is 5.09. The summed E-state index contributed by atoms with van der Waals surface area (Å²) >= 11 is 13.3. The second-order valence-corrected chi connectivity index (χ2v) is 8.56. The Morgan fingerprint density at radius 2 is 1.86 bits per heavy atom. The van der Waals surface area contributed by atoms with Crippen LogP contribution in [0.5, 0.6) is 5.75 Å². The Bertz CT molecular complexity index is 1080. The molecule has 0 spiro atoms. The standard InChI is InChI=1S/C21H19Cl2N3O2S/c1-21(2,28-15-6-7-16(22)17(23)10-15)20(27)26-14-5-3-4-12(8-14)13-9-18(19(24)25)29-11-13/h3-11H,1-2H3,(H3,24,25)(H,26,27). The molecule has 0 aliphatic carbocycles. The molecule has 5 nitrogen and oxygen atoms in total. The number of nitrogens with two attached hydrogens (primary N) is 1. The molecule has 3 aromatic rings. The summed E-state index contributed by atoms with van der Waals surface area (Å²) in [5.41, 5.74) is 6.87. The first kappa shape index (κ1) is 21.2. The molecule has 0 atom stereocenters. The van der Waals surface area contributed by atoms with Crippen molar-refractivity contribution in [2.45, 2.75) is 19.4 Å². The Morgan fingerprint density at radius 3 is 2.52 bits per heavy atom. The van der Waals surface area contributed by atoms with Crippen molar-refractivity contribution in [3.63, 3.8) is 0 Å². The number of halogens is 2. The molecule has 0 fully saturated rings. The fourth-order valence-corrected chi connectivity index (χ4v) is 3.64. The van der Waals surface area contributed by atoms with Gasteiger partial charge in [-0.05, 0) is 60.7 Å². The van der Waals surface area contributed by atoms with Crippen LogP contribution in [0, 0.1) is 5.41 Å². The molecule has 0 unspecified atom stereocenters. The zero-order valence-corrected chi connectivity index (χ0v) is 18.1. The summed E-state index contributed by atoms with van der Waals surface area (Å²) < 4.78 is 5.83. The van der Waals surface area contributed by atoms with E-state index in [0.29, 0.717) is 26.4 Å². The summed E-state index contributed by atoms with van der Waals surface area (Å²) in [5, 5.41) is 13.1. The van der Waals surface area contributed by atoms with E-state index in [-0.39, 0.29) is 11.7 Å². The van der Waals surface area contributed by atoms with Gasteiger partial charge < -0.3 is 15.8 Å². The van der Waals surface area contributed by atoms with Crippen molar-refractivity contribution in [3.05, 3.63) is 68.8 Å². The van der Waals surface area contributed by atoms with Crippen molar-refractivity contribution in [1.82, 2.24) is 0 Å². The SMILES string of the molecule is CC(C)(Oc1ccc(Cl)c(Cl)c1)C(=O)Nc1cccc(-c2csc(C(=N)N)c2)c1. The van der Waals surface area contributed by atoms with E-state index < -0.39 is 5.60 Å². The van der Waals surface area contributed by atoms with Gasteiger partial charge in [-0.15, -0.1) is 11.3 Å². The molecule has 4 N–H and O–H groups in total. The van der Waals surface area contributed by atoms with E-state index in [2.05, 4.69) is 5.32 Å². The van der Waals surface area contributed by atoms with Crippen LogP contribution in [-0.4, -0.2) is 17.3 Å². The zero-order chi connectivity index (χ0) is 21.2. The van der Waals surface area contributed by atoms with Gasteiger partial charge in [0.15, 0.2) is 5.60 Å². The number of amidine groups is 1. The second-order valence-electron chi connectivity index (χ2n) is 6.84. The highest BCUT2D eigenvalue weighted by Gasteiger charge is 2.30. The van der Waals surface area contributed by atoms with Crippen molar-refractivity contribution in [2.24, 2.45) is 5.73 Å². The van der Waals surface area contributed by atoms with Crippen molar-refractivity contribution < 1.29 is 9.53 Å². The van der Waals surface area contributed by atoms with Gasteiger partial charge in [-0.3, -0.25) is 10.2 Å².